The number of carboxylic acids is 1. The number of unbranched alkanes of at least 4 members (excludes halogenated alkanes) is 1. The molecule has 1 aliphatic heterocycles. The van der Waals surface area contributed by atoms with Crippen molar-refractivity contribution in [1.29, 1.82) is 0 Å². The Labute approximate surface area is 200 Å². The van der Waals surface area contributed by atoms with E-state index in [1.165, 1.54) is 24.3 Å². The van der Waals surface area contributed by atoms with E-state index in [4.69, 9.17) is 0 Å². The first-order valence-electron chi connectivity index (χ1n) is 11.7. The second-order valence-corrected chi connectivity index (χ2v) is 9.14. The third-order valence-corrected chi connectivity index (χ3v) is 6.69. The minimum Gasteiger partial charge on any atom is -0.481 e. The summed E-state index contributed by atoms with van der Waals surface area (Å²) in [6.07, 6.45) is -5.56. The molecule has 3 nitrogen and oxygen atoms in total. The van der Waals surface area contributed by atoms with Crippen LogP contribution in [0.5, 0.6) is 0 Å². The van der Waals surface area contributed by atoms with E-state index in [2.05, 4.69) is 4.90 Å². The van der Waals surface area contributed by atoms with Gasteiger partial charge in [-0.3, -0.25) is 9.69 Å². The average Bonchev–Trinajstić information content (AvgIpc) is 2.79. The second-order valence-electron chi connectivity index (χ2n) is 9.14. The first kappa shape index (κ1) is 27.0. The van der Waals surface area contributed by atoms with Crippen LogP contribution in [0.1, 0.15) is 79.8 Å². The summed E-state index contributed by atoms with van der Waals surface area (Å²) in [6.45, 7) is 2.51. The van der Waals surface area contributed by atoms with Gasteiger partial charge in [-0.15, -0.1) is 0 Å². The maximum atomic E-state index is 13.1. The van der Waals surface area contributed by atoms with Crippen molar-refractivity contribution >= 4 is 5.97 Å². The van der Waals surface area contributed by atoms with Crippen molar-refractivity contribution in [3.8, 4) is 0 Å². The Morgan fingerprint density at radius 2 is 1.51 bits per heavy atom. The summed E-state index contributed by atoms with van der Waals surface area (Å²) in [5.74, 6) is -1.07. The highest BCUT2D eigenvalue weighted by Gasteiger charge is 2.37. The number of aliphatic carboxylic acids is 1. The number of alkyl halides is 6. The Morgan fingerprint density at radius 3 is 2.00 bits per heavy atom. The number of likely N-dealkylation sites (tertiary alicyclic amines) is 1. The van der Waals surface area contributed by atoms with Gasteiger partial charge in [0.1, 0.15) is 0 Å². The smallest absolute Gasteiger partial charge is 0.416 e. The molecule has 0 amide bonds. The predicted octanol–water partition coefficient (Wildman–Crippen LogP) is 7.88. The Bertz CT molecular complexity index is 969. The van der Waals surface area contributed by atoms with E-state index >= 15 is 0 Å². The van der Waals surface area contributed by atoms with Gasteiger partial charge in [-0.25, -0.2) is 0 Å². The molecule has 0 bridgehead atoms. The molecule has 1 heterocycles. The van der Waals surface area contributed by atoms with Crippen LogP contribution in [0.25, 0.3) is 0 Å². The molecule has 3 rings (SSSR count). The van der Waals surface area contributed by atoms with Crippen molar-refractivity contribution in [2.75, 3.05) is 6.54 Å². The molecule has 9 heteroatoms. The fourth-order valence-corrected chi connectivity index (χ4v) is 4.90. The number of carboxylic acid groups (broad SMARTS) is 1. The van der Waals surface area contributed by atoms with Gasteiger partial charge in [0, 0.05) is 18.5 Å². The predicted molar refractivity (Wildman–Crippen MR) is 120 cm³/mol. The van der Waals surface area contributed by atoms with Crippen LogP contribution in [0, 0.1) is 5.92 Å². The van der Waals surface area contributed by atoms with Crippen LogP contribution in [0.3, 0.4) is 0 Å². The van der Waals surface area contributed by atoms with E-state index in [0.717, 1.165) is 37.1 Å². The molecule has 0 spiro atoms. The lowest BCUT2D eigenvalue weighted by Crippen LogP contribution is -2.40. The Balaban J connectivity index is 1.97. The summed E-state index contributed by atoms with van der Waals surface area (Å²) in [6, 6.07) is 9.35. The lowest BCUT2D eigenvalue weighted by molar-refractivity contribution is -0.139. The van der Waals surface area contributed by atoms with E-state index in [1.54, 1.807) is 0 Å². The number of benzene rings is 2. The van der Waals surface area contributed by atoms with Gasteiger partial charge in [-0.2, -0.15) is 26.3 Å². The third kappa shape index (κ3) is 6.99. The fraction of sp³-hybridized carbons (Fsp3) is 0.500. The van der Waals surface area contributed by atoms with Crippen molar-refractivity contribution in [3.05, 3.63) is 70.8 Å². The zero-order valence-corrected chi connectivity index (χ0v) is 19.4. The van der Waals surface area contributed by atoms with Gasteiger partial charge in [0.15, 0.2) is 0 Å². The van der Waals surface area contributed by atoms with E-state index < -0.39 is 29.4 Å². The first-order valence-corrected chi connectivity index (χ1v) is 11.7. The van der Waals surface area contributed by atoms with Crippen LogP contribution < -0.4 is 0 Å². The average molecular weight is 502 g/mol. The van der Waals surface area contributed by atoms with E-state index in [1.807, 2.05) is 6.92 Å². The van der Waals surface area contributed by atoms with Crippen molar-refractivity contribution < 1.29 is 36.2 Å². The minimum atomic E-state index is -4.47. The van der Waals surface area contributed by atoms with Gasteiger partial charge < -0.3 is 5.11 Å². The zero-order chi connectivity index (χ0) is 25.8. The number of piperidine rings is 1. The van der Waals surface area contributed by atoms with Crippen LogP contribution in [0.4, 0.5) is 26.3 Å². The molecule has 0 radical (unpaired) electrons. The van der Waals surface area contributed by atoms with Gasteiger partial charge in [-0.05, 0) is 67.1 Å². The standard InChI is InChI=1S/C26H29F6NO2/c1-2-3-4-22(18-5-9-20(10-6-18)25(27,28)29)33-14-13-17(16-24(34)35)15-23(33)19-7-11-21(12-8-19)26(30,31)32/h5-12,17,22-23H,2-4,13-16H2,1H3,(H,34,35). The topological polar surface area (TPSA) is 40.5 Å². The summed E-state index contributed by atoms with van der Waals surface area (Å²) in [5.41, 5.74) is -0.160. The van der Waals surface area contributed by atoms with Crippen molar-refractivity contribution in [3.63, 3.8) is 0 Å². The molecule has 3 unspecified atom stereocenters. The highest BCUT2D eigenvalue weighted by atomic mass is 19.4. The Kier molecular flexibility index (Phi) is 8.51. The van der Waals surface area contributed by atoms with Gasteiger partial charge >= 0.3 is 18.3 Å². The molecule has 2 aromatic carbocycles. The second kappa shape index (κ2) is 11.0. The number of hydrogen-bond donors (Lipinski definition) is 1. The fourth-order valence-electron chi connectivity index (χ4n) is 4.90. The molecule has 3 atom stereocenters. The van der Waals surface area contributed by atoms with Gasteiger partial charge in [0.25, 0.3) is 0 Å². The van der Waals surface area contributed by atoms with Crippen LogP contribution in [-0.2, 0) is 17.1 Å². The first-order chi connectivity index (χ1) is 16.4. The van der Waals surface area contributed by atoms with Crippen molar-refractivity contribution in [2.24, 2.45) is 5.92 Å². The number of carbonyl (C=O) groups is 1. The summed E-state index contributed by atoms with van der Waals surface area (Å²) in [4.78, 5) is 13.5. The normalized spacial score (nSPS) is 20.5. The quantitative estimate of drug-likeness (QED) is 0.374. The molecule has 0 aliphatic carbocycles. The largest absolute Gasteiger partial charge is 0.481 e. The maximum absolute atomic E-state index is 13.1. The minimum absolute atomic E-state index is 0.0368. The van der Waals surface area contributed by atoms with Crippen molar-refractivity contribution in [2.45, 2.75) is 69.9 Å². The molecular formula is C26H29F6NO2. The number of hydrogen-bond acceptors (Lipinski definition) is 2. The molecule has 2 aromatic rings. The number of halogens is 6. The Hall–Kier alpha value is -2.55. The van der Waals surface area contributed by atoms with Crippen LogP contribution in [-0.4, -0.2) is 22.5 Å². The van der Waals surface area contributed by atoms with E-state index in [-0.39, 0.29) is 24.4 Å². The molecule has 192 valence electrons. The highest BCUT2D eigenvalue weighted by molar-refractivity contribution is 5.67. The van der Waals surface area contributed by atoms with Crippen LogP contribution >= 0.6 is 0 Å². The molecule has 1 fully saturated rings. The van der Waals surface area contributed by atoms with Crippen LogP contribution in [0.2, 0.25) is 0 Å². The summed E-state index contributed by atoms with van der Waals surface area (Å²) < 4.78 is 78.5. The SMILES string of the molecule is CCCCC(c1ccc(C(F)(F)F)cc1)N1CCC(CC(=O)O)CC1c1ccc(C(F)(F)F)cc1. The zero-order valence-electron chi connectivity index (χ0n) is 19.4. The highest BCUT2D eigenvalue weighted by Crippen LogP contribution is 2.43. The van der Waals surface area contributed by atoms with Crippen molar-refractivity contribution in [1.82, 2.24) is 4.90 Å². The molecule has 1 aliphatic rings. The lowest BCUT2D eigenvalue weighted by atomic mass is 9.82. The van der Waals surface area contributed by atoms with Gasteiger partial charge in [-0.1, -0.05) is 44.0 Å². The molecule has 0 aromatic heterocycles. The summed E-state index contributed by atoms with van der Waals surface area (Å²) in [7, 11) is 0. The van der Waals surface area contributed by atoms with Crippen LogP contribution in [0.15, 0.2) is 48.5 Å². The molecule has 1 saturated heterocycles. The monoisotopic (exact) mass is 501 g/mol. The molecule has 0 saturated carbocycles. The molecule has 35 heavy (non-hydrogen) atoms. The lowest BCUT2D eigenvalue weighted by Gasteiger charge is -2.44. The molecular weight excluding hydrogens is 472 g/mol. The number of rotatable bonds is 8. The third-order valence-electron chi connectivity index (χ3n) is 6.69. The summed E-state index contributed by atoms with van der Waals surface area (Å²) >= 11 is 0. The Morgan fingerprint density at radius 1 is 0.971 bits per heavy atom. The maximum Gasteiger partial charge on any atom is 0.416 e. The summed E-state index contributed by atoms with van der Waals surface area (Å²) in [5, 5.41) is 9.28. The molecule has 1 N–H and O–H groups in total. The van der Waals surface area contributed by atoms with Gasteiger partial charge in [0.05, 0.1) is 11.1 Å². The van der Waals surface area contributed by atoms with E-state index in [9.17, 15) is 36.2 Å². The van der Waals surface area contributed by atoms with Gasteiger partial charge in [0.2, 0.25) is 0 Å². The van der Waals surface area contributed by atoms with E-state index in [0.29, 0.717) is 36.9 Å². The number of nitrogens with zero attached hydrogens (tertiary/aromatic N) is 1.